The molecule has 2 aromatic heterocycles. The number of nitrogens with two attached hydrogens (primary N) is 1. The maximum atomic E-state index is 5.99. The van der Waals surface area contributed by atoms with Crippen molar-refractivity contribution in [3.63, 3.8) is 0 Å². The lowest BCUT2D eigenvalue weighted by molar-refractivity contribution is 0.302. The molecular weight excluding hydrogens is 410 g/mol. The number of benzene rings is 3. The summed E-state index contributed by atoms with van der Waals surface area (Å²) in [4.78, 5) is 9.26. The summed E-state index contributed by atoms with van der Waals surface area (Å²) in [5, 5.41) is 1.12. The normalized spacial score (nSPS) is 10.8. The number of nitrogens with zero attached hydrogens (tertiary/aromatic N) is 2. The average molecular weight is 434 g/mol. The third kappa shape index (κ3) is 4.48. The van der Waals surface area contributed by atoms with Gasteiger partial charge in [-0.1, -0.05) is 36.4 Å². The van der Waals surface area contributed by atoms with Gasteiger partial charge in [0.05, 0.1) is 24.0 Å². The number of nitrogen functional groups attached to an aromatic ring is 1. The first-order chi connectivity index (χ1) is 16.2. The van der Waals surface area contributed by atoms with Crippen LogP contribution >= 0.6 is 0 Å². The van der Waals surface area contributed by atoms with Gasteiger partial charge in [0.25, 0.3) is 0 Å². The van der Waals surface area contributed by atoms with E-state index in [4.69, 9.17) is 15.2 Å². The van der Waals surface area contributed by atoms with Crippen LogP contribution in [0.2, 0.25) is 0 Å². The van der Waals surface area contributed by atoms with Crippen molar-refractivity contribution < 1.29 is 9.47 Å². The zero-order chi connectivity index (χ0) is 22.6. The van der Waals surface area contributed by atoms with Gasteiger partial charge < -0.3 is 15.2 Å². The summed E-state index contributed by atoms with van der Waals surface area (Å²) in [6.45, 7) is 0.407. The van der Waals surface area contributed by atoms with Crippen molar-refractivity contribution in [3.05, 3.63) is 103 Å². The van der Waals surface area contributed by atoms with Crippen molar-refractivity contribution in [1.82, 2.24) is 9.97 Å². The highest BCUT2D eigenvalue weighted by Crippen LogP contribution is 2.33. The van der Waals surface area contributed by atoms with Crippen LogP contribution in [0.5, 0.6) is 11.5 Å². The Hall–Kier alpha value is -4.38. The molecule has 5 rings (SSSR count). The molecule has 0 bridgehead atoms. The molecule has 5 aromatic rings. The first-order valence-electron chi connectivity index (χ1n) is 10.7. The van der Waals surface area contributed by atoms with Crippen molar-refractivity contribution in [2.24, 2.45) is 0 Å². The predicted molar refractivity (Wildman–Crippen MR) is 132 cm³/mol. The topological polar surface area (TPSA) is 70.3 Å². The number of rotatable bonds is 6. The fourth-order valence-electron chi connectivity index (χ4n) is 3.75. The number of pyridine rings is 2. The molecule has 0 amide bonds. The number of hydrogen-bond donors (Lipinski definition) is 1. The van der Waals surface area contributed by atoms with Gasteiger partial charge >= 0.3 is 0 Å². The van der Waals surface area contributed by atoms with Crippen LogP contribution in [0.15, 0.2) is 97.1 Å². The van der Waals surface area contributed by atoms with Crippen LogP contribution in [0.25, 0.3) is 33.3 Å². The molecule has 0 spiro atoms. The van der Waals surface area contributed by atoms with Gasteiger partial charge in [-0.15, -0.1) is 0 Å². The summed E-state index contributed by atoms with van der Waals surface area (Å²) in [6, 6.07) is 31.7. The van der Waals surface area contributed by atoms with E-state index >= 15 is 0 Å². The van der Waals surface area contributed by atoms with Crippen LogP contribution in [0, 0.1) is 0 Å². The van der Waals surface area contributed by atoms with Crippen LogP contribution in [-0.2, 0) is 6.61 Å². The van der Waals surface area contributed by atoms with Crippen molar-refractivity contribution in [2.75, 3.05) is 12.8 Å². The second kappa shape index (κ2) is 9.01. The number of aromatic nitrogens is 2. The molecule has 33 heavy (non-hydrogen) atoms. The Morgan fingerprint density at radius 2 is 1.42 bits per heavy atom. The first-order valence-corrected chi connectivity index (χ1v) is 10.7. The Bertz CT molecular complexity index is 1400. The van der Waals surface area contributed by atoms with E-state index in [1.54, 1.807) is 7.11 Å². The molecule has 0 aliphatic heterocycles. The van der Waals surface area contributed by atoms with Gasteiger partial charge in [0.15, 0.2) is 0 Å². The number of para-hydroxylation sites is 1. The van der Waals surface area contributed by atoms with Crippen LogP contribution < -0.4 is 15.2 Å². The molecule has 0 fully saturated rings. The summed E-state index contributed by atoms with van der Waals surface area (Å²) in [6.07, 6.45) is 0. The lowest BCUT2D eigenvalue weighted by Crippen LogP contribution is -1.98. The zero-order valence-corrected chi connectivity index (χ0v) is 18.2. The van der Waals surface area contributed by atoms with Crippen LogP contribution in [0.4, 0.5) is 5.82 Å². The second-order valence-electron chi connectivity index (χ2n) is 7.67. The maximum Gasteiger partial charge on any atom is 0.130 e. The molecule has 0 saturated heterocycles. The van der Waals surface area contributed by atoms with Crippen molar-refractivity contribution in [1.29, 1.82) is 0 Å². The number of hydrogen-bond acceptors (Lipinski definition) is 5. The Balaban J connectivity index is 1.36. The number of ether oxygens (including phenoxy) is 2. The van der Waals surface area contributed by atoms with Gasteiger partial charge in [0, 0.05) is 16.5 Å². The van der Waals surface area contributed by atoms with Crippen molar-refractivity contribution >= 4 is 16.7 Å². The summed E-state index contributed by atoms with van der Waals surface area (Å²) >= 11 is 0. The lowest BCUT2D eigenvalue weighted by atomic mass is 9.99. The minimum Gasteiger partial charge on any atom is -0.497 e. The molecule has 0 saturated carbocycles. The molecule has 3 aromatic carbocycles. The Labute approximate surface area is 192 Å². The van der Waals surface area contributed by atoms with E-state index in [9.17, 15) is 0 Å². The van der Waals surface area contributed by atoms with E-state index in [1.165, 1.54) is 0 Å². The Morgan fingerprint density at radius 1 is 0.697 bits per heavy atom. The predicted octanol–water partition coefficient (Wildman–Crippen LogP) is 6.13. The highest BCUT2D eigenvalue weighted by atomic mass is 16.5. The minimum atomic E-state index is 0.407. The average Bonchev–Trinajstić information content (AvgIpc) is 2.88. The summed E-state index contributed by atoms with van der Waals surface area (Å²) in [5.41, 5.74) is 11.7. The van der Waals surface area contributed by atoms with Gasteiger partial charge in [0.2, 0.25) is 0 Å². The van der Waals surface area contributed by atoms with E-state index in [-0.39, 0.29) is 0 Å². The van der Waals surface area contributed by atoms with Gasteiger partial charge in [-0.3, -0.25) is 0 Å². The van der Waals surface area contributed by atoms with Crippen LogP contribution in [0.1, 0.15) is 5.69 Å². The molecule has 2 heterocycles. The maximum absolute atomic E-state index is 5.99. The van der Waals surface area contributed by atoms with Gasteiger partial charge in [-0.2, -0.15) is 0 Å². The van der Waals surface area contributed by atoms with E-state index in [0.717, 1.165) is 50.5 Å². The minimum absolute atomic E-state index is 0.407. The number of methoxy groups -OCH3 is 1. The molecule has 0 radical (unpaired) electrons. The zero-order valence-electron chi connectivity index (χ0n) is 18.2. The molecule has 0 unspecified atom stereocenters. The quantitative estimate of drug-likeness (QED) is 0.349. The fourth-order valence-corrected chi connectivity index (χ4v) is 3.75. The molecule has 5 nitrogen and oxygen atoms in total. The lowest BCUT2D eigenvalue weighted by Gasteiger charge is -2.12. The molecule has 0 aliphatic rings. The highest BCUT2D eigenvalue weighted by molar-refractivity contribution is 5.82. The van der Waals surface area contributed by atoms with Gasteiger partial charge in [0.1, 0.15) is 23.9 Å². The van der Waals surface area contributed by atoms with E-state index in [2.05, 4.69) is 22.1 Å². The third-order valence-electron chi connectivity index (χ3n) is 5.49. The Morgan fingerprint density at radius 3 is 2.21 bits per heavy atom. The Kier molecular flexibility index (Phi) is 5.60. The first kappa shape index (κ1) is 20.5. The third-order valence-corrected chi connectivity index (χ3v) is 5.49. The second-order valence-corrected chi connectivity index (χ2v) is 7.67. The summed E-state index contributed by atoms with van der Waals surface area (Å²) in [5.74, 6) is 2.06. The standard InChI is InChI=1S/C28H23N3O2/c1-32-23-12-9-21(10-13-23)28-25(16-17-27(29)31-28)19-7-14-24(15-8-19)33-18-22-11-6-20-4-2-3-5-26(20)30-22/h2-17H,18H2,1H3,(H2,29,31). The van der Waals surface area contributed by atoms with E-state index in [0.29, 0.717) is 12.4 Å². The molecule has 2 N–H and O–H groups in total. The summed E-state index contributed by atoms with van der Waals surface area (Å²) < 4.78 is 11.2. The summed E-state index contributed by atoms with van der Waals surface area (Å²) in [7, 11) is 1.65. The molecule has 0 atom stereocenters. The largest absolute Gasteiger partial charge is 0.497 e. The highest BCUT2D eigenvalue weighted by Gasteiger charge is 2.11. The molecule has 5 heteroatoms. The molecule has 0 aliphatic carbocycles. The number of anilines is 1. The van der Waals surface area contributed by atoms with E-state index in [1.807, 2.05) is 84.9 Å². The van der Waals surface area contributed by atoms with Crippen molar-refractivity contribution in [2.45, 2.75) is 6.61 Å². The molecular formula is C28H23N3O2. The van der Waals surface area contributed by atoms with Gasteiger partial charge in [-0.25, -0.2) is 9.97 Å². The smallest absolute Gasteiger partial charge is 0.130 e. The SMILES string of the molecule is COc1ccc(-c2nc(N)ccc2-c2ccc(OCc3ccc4ccccc4n3)cc2)cc1. The van der Waals surface area contributed by atoms with Crippen LogP contribution in [0.3, 0.4) is 0 Å². The number of fused-ring (bicyclic) bond motifs is 1. The van der Waals surface area contributed by atoms with Crippen LogP contribution in [-0.4, -0.2) is 17.1 Å². The van der Waals surface area contributed by atoms with Crippen molar-refractivity contribution in [3.8, 4) is 33.9 Å². The van der Waals surface area contributed by atoms with E-state index < -0.39 is 0 Å². The monoisotopic (exact) mass is 433 g/mol. The fraction of sp³-hybridized carbons (Fsp3) is 0.0714. The van der Waals surface area contributed by atoms with Gasteiger partial charge in [-0.05, 0) is 66.2 Å². The molecule has 162 valence electrons.